The van der Waals surface area contributed by atoms with Gasteiger partial charge in [-0.15, -0.1) is 0 Å². The average Bonchev–Trinajstić information content (AvgIpc) is 2.58. The van der Waals surface area contributed by atoms with E-state index in [9.17, 15) is 14.9 Å². The molecule has 0 aliphatic rings. The third-order valence-electron chi connectivity index (χ3n) is 3.76. The molecule has 0 spiro atoms. The minimum Gasteiger partial charge on any atom is -0.325 e. The molecule has 0 saturated heterocycles. The predicted octanol–water partition coefficient (Wildman–Crippen LogP) is 3.63. The van der Waals surface area contributed by atoms with Gasteiger partial charge in [-0.05, 0) is 36.2 Å². The van der Waals surface area contributed by atoms with Gasteiger partial charge in [-0.25, -0.2) is 0 Å². The lowest BCUT2D eigenvalue weighted by molar-refractivity contribution is -0.384. The van der Waals surface area contributed by atoms with Gasteiger partial charge in [-0.2, -0.15) is 0 Å². The monoisotopic (exact) mass is 321 g/mol. The zero-order chi connectivity index (χ0) is 17.1. The maximum absolute atomic E-state index is 12.3. The molecule has 0 radical (unpaired) electrons. The number of aromatic nitrogens is 1. The number of aryl methyl sites for hydroxylation is 1. The van der Waals surface area contributed by atoms with E-state index < -0.39 is 4.92 Å². The predicted molar refractivity (Wildman–Crippen MR) is 91.9 cm³/mol. The van der Waals surface area contributed by atoms with Gasteiger partial charge in [0.15, 0.2) is 0 Å². The SMILES string of the molecule is Cc1ccc(NC(=O)Cc2ccc([N+](=O)[O-])cc2)c2cccnc12. The Kier molecular flexibility index (Phi) is 4.20. The molecule has 1 amide bonds. The summed E-state index contributed by atoms with van der Waals surface area (Å²) >= 11 is 0. The Morgan fingerprint density at radius 2 is 1.92 bits per heavy atom. The van der Waals surface area contributed by atoms with Gasteiger partial charge in [-0.1, -0.05) is 18.2 Å². The summed E-state index contributed by atoms with van der Waals surface area (Å²) in [6, 6.07) is 13.5. The van der Waals surface area contributed by atoms with Crippen molar-refractivity contribution in [3.63, 3.8) is 0 Å². The van der Waals surface area contributed by atoms with E-state index in [2.05, 4.69) is 10.3 Å². The molecule has 3 rings (SSSR count). The van der Waals surface area contributed by atoms with Crippen molar-refractivity contribution in [2.45, 2.75) is 13.3 Å². The van der Waals surface area contributed by atoms with E-state index in [0.29, 0.717) is 11.3 Å². The van der Waals surface area contributed by atoms with Crippen molar-refractivity contribution in [2.75, 3.05) is 5.32 Å². The van der Waals surface area contributed by atoms with Gasteiger partial charge in [0, 0.05) is 23.7 Å². The van der Waals surface area contributed by atoms with Crippen LogP contribution >= 0.6 is 0 Å². The summed E-state index contributed by atoms with van der Waals surface area (Å²) < 4.78 is 0. The largest absolute Gasteiger partial charge is 0.325 e. The lowest BCUT2D eigenvalue weighted by atomic mass is 10.1. The number of amides is 1. The van der Waals surface area contributed by atoms with Crippen molar-refractivity contribution in [3.05, 3.63) is 76.0 Å². The normalized spacial score (nSPS) is 10.5. The second kappa shape index (κ2) is 6.45. The summed E-state index contributed by atoms with van der Waals surface area (Å²) in [5, 5.41) is 14.4. The second-order valence-electron chi connectivity index (χ2n) is 5.48. The number of carbonyl (C=O) groups excluding carboxylic acids is 1. The van der Waals surface area contributed by atoms with Crippen LogP contribution in [0.25, 0.3) is 10.9 Å². The Morgan fingerprint density at radius 3 is 2.62 bits per heavy atom. The molecule has 0 fully saturated rings. The number of nitrogens with one attached hydrogen (secondary N) is 1. The molecule has 6 heteroatoms. The fraction of sp³-hybridized carbons (Fsp3) is 0.111. The van der Waals surface area contributed by atoms with Crippen molar-refractivity contribution < 1.29 is 9.72 Å². The third-order valence-corrected chi connectivity index (χ3v) is 3.76. The molecule has 1 heterocycles. The third kappa shape index (κ3) is 3.22. The Balaban J connectivity index is 1.78. The molecule has 0 unspecified atom stereocenters. The Bertz CT molecular complexity index is 920. The van der Waals surface area contributed by atoms with Crippen LogP contribution in [0.2, 0.25) is 0 Å². The summed E-state index contributed by atoms with van der Waals surface area (Å²) in [6.45, 7) is 1.97. The number of hydrogen-bond acceptors (Lipinski definition) is 4. The first-order chi connectivity index (χ1) is 11.5. The molecule has 6 nitrogen and oxygen atoms in total. The number of nitrogens with zero attached hydrogens (tertiary/aromatic N) is 2. The number of carbonyl (C=O) groups is 1. The molecule has 0 saturated carbocycles. The molecule has 24 heavy (non-hydrogen) atoms. The first-order valence-corrected chi connectivity index (χ1v) is 7.42. The lowest BCUT2D eigenvalue weighted by Crippen LogP contribution is -2.14. The minimum absolute atomic E-state index is 0.00904. The van der Waals surface area contributed by atoms with Crippen LogP contribution in [0.4, 0.5) is 11.4 Å². The first-order valence-electron chi connectivity index (χ1n) is 7.42. The van der Waals surface area contributed by atoms with Gasteiger partial charge in [0.05, 0.1) is 22.5 Å². The number of hydrogen-bond donors (Lipinski definition) is 1. The molecule has 0 atom stereocenters. The fourth-order valence-corrected chi connectivity index (χ4v) is 2.54. The van der Waals surface area contributed by atoms with Crippen LogP contribution in [0.1, 0.15) is 11.1 Å². The van der Waals surface area contributed by atoms with Crippen LogP contribution in [0.3, 0.4) is 0 Å². The number of nitro groups is 1. The first kappa shape index (κ1) is 15.6. The molecular weight excluding hydrogens is 306 g/mol. The fourth-order valence-electron chi connectivity index (χ4n) is 2.54. The van der Waals surface area contributed by atoms with E-state index in [1.165, 1.54) is 12.1 Å². The summed E-state index contributed by atoms with van der Waals surface area (Å²) in [5.74, 6) is -0.183. The van der Waals surface area contributed by atoms with E-state index in [0.717, 1.165) is 16.5 Å². The number of benzene rings is 2. The smallest absolute Gasteiger partial charge is 0.269 e. The van der Waals surface area contributed by atoms with Gasteiger partial charge >= 0.3 is 0 Å². The van der Waals surface area contributed by atoms with Crippen LogP contribution in [0, 0.1) is 17.0 Å². The molecule has 0 aliphatic heterocycles. The number of anilines is 1. The summed E-state index contributed by atoms with van der Waals surface area (Å²) in [5.41, 5.74) is 3.32. The van der Waals surface area contributed by atoms with E-state index in [1.807, 2.05) is 31.2 Å². The van der Waals surface area contributed by atoms with Crippen LogP contribution in [0.5, 0.6) is 0 Å². The van der Waals surface area contributed by atoms with Crippen molar-refractivity contribution in [1.29, 1.82) is 0 Å². The molecule has 2 aromatic carbocycles. The van der Waals surface area contributed by atoms with Gasteiger partial charge < -0.3 is 5.32 Å². The van der Waals surface area contributed by atoms with Crippen molar-refractivity contribution in [2.24, 2.45) is 0 Å². The van der Waals surface area contributed by atoms with E-state index in [4.69, 9.17) is 0 Å². The van der Waals surface area contributed by atoms with E-state index in [-0.39, 0.29) is 18.0 Å². The number of nitro benzene ring substituents is 1. The zero-order valence-electron chi connectivity index (χ0n) is 13.0. The molecule has 0 bridgehead atoms. The van der Waals surface area contributed by atoms with Crippen LogP contribution in [-0.4, -0.2) is 15.8 Å². The number of non-ortho nitro benzene ring substituents is 1. The highest BCUT2D eigenvalue weighted by molar-refractivity contribution is 6.02. The average molecular weight is 321 g/mol. The number of rotatable bonds is 4. The topological polar surface area (TPSA) is 85.1 Å². The number of pyridine rings is 1. The minimum atomic E-state index is -0.463. The molecule has 1 N–H and O–H groups in total. The second-order valence-corrected chi connectivity index (χ2v) is 5.48. The summed E-state index contributed by atoms with van der Waals surface area (Å²) in [6.07, 6.45) is 1.87. The van der Waals surface area contributed by atoms with Crippen LogP contribution in [0.15, 0.2) is 54.7 Å². The van der Waals surface area contributed by atoms with Crippen molar-refractivity contribution >= 4 is 28.2 Å². The summed E-state index contributed by atoms with van der Waals surface area (Å²) in [4.78, 5) is 26.8. The highest BCUT2D eigenvalue weighted by atomic mass is 16.6. The Hall–Kier alpha value is -3.28. The van der Waals surface area contributed by atoms with E-state index in [1.54, 1.807) is 18.3 Å². The maximum Gasteiger partial charge on any atom is 0.269 e. The molecular formula is C18H15N3O3. The molecule has 120 valence electrons. The molecule has 3 aromatic rings. The summed E-state index contributed by atoms with van der Waals surface area (Å²) in [7, 11) is 0. The van der Waals surface area contributed by atoms with Crippen LogP contribution in [-0.2, 0) is 11.2 Å². The van der Waals surface area contributed by atoms with Gasteiger partial charge in [0.1, 0.15) is 0 Å². The van der Waals surface area contributed by atoms with Gasteiger partial charge in [-0.3, -0.25) is 19.9 Å². The standard InChI is InChI=1S/C18H15N3O3/c1-12-4-9-16(15-3-2-10-19-18(12)15)20-17(22)11-13-5-7-14(8-6-13)21(23)24/h2-10H,11H2,1H3,(H,20,22). The van der Waals surface area contributed by atoms with Crippen LogP contribution < -0.4 is 5.32 Å². The Morgan fingerprint density at radius 1 is 1.17 bits per heavy atom. The zero-order valence-corrected chi connectivity index (χ0v) is 13.0. The molecule has 1 aromatic heterocycles. The highest BCUT2D eigenvalue weighted by Crippen LogP contribution is 2.24. The van der Waals surface area contributed by atoms with E-state index >= 15 is 0 Å². The molecule has 0 aliphatic carbocycles. The van der Waals surface area contributed by atoms with Gasteiger partial charge in [0.2, 0.25) is 5.91 Å². The lowest BCUT2D eigenvalue weighted by Gasteiger charge is -2.10. The highest BCUT2D eigenvalue weighted by Gasteiger charge is 2.10. The van der Waals surface area contributed by atoms with Gasteiger partial charge in [0.25, 0.3) is 5.69 Å². The van der Waals surface area contributed by atoms with Crippen molar-refractivity contribution in [1.82, 2.24) is 4.98 Å². The Labute approximate surface area is 138 Å². The van der Waals surface area contributed by atoms with Crippen molar-refractivity contribution in [3.8, 4) is 0 Å². The maximum atomic E-state index is 12.3. The number of fused-ring (bicyclic) bond motifs is 1. The quantitative estimate of drug-likeness (QED) is 0.587.